The fourth-order valence-electron chi connectivity index (χ4n) is 3.24. The van der Waals surface area contributed by atoms with Crippen molar-refractivity contribution in [1.82, 2.24) is 9.88 Å². The topological polar surface area (TPSA) is 164 Å². The van der Waals surface area contributed by atoms with Gasteiger partial charge in [-0.1, -0.05) is 18.0 Å². The fraction of sp³-hybridized carbons (Fsp3) is 0.464. The molecule has 0 spiro atoms. The molecule has 3 rings (SSSR count). The van der Waals surface area contributed by atoms with Gasteiger partial charge < -0.3 is 26.9 Å². The number of pyridine rings is 1. The van der Waals surface area contributed by atoms with Crippen molar-refractivity contribution < 1.29 is 35.9 Å². The van der Waals surface area contributed by atoms with Gasteiger partial charge in [-0.15, -0.1) is 0 Å². The number of carbonyl (C=O) groups excluding carboxylic acids is 2. The maximum absolute atomic E-state index is 12.4. The van der Waals surface area contributed by atoms with E-state index in [0.717, 1.165) is 12.4 Å². The van der Waals surface area contributed by atoms with E-state index < -0.39 is 40.6 Å². The molecule has 1 amide bonds. The summed E-state index contributed by atoms with van der Waals surface area (Å²) in [5, 5.41) is 9.50. The van der Waals surface area contributed by atoms with Crippen molar-refractivity contribution in [1.29, 1.82) is 5.26 Å². The first-order valence-electron chi connectivity index (χ1n) is 13.0. The van der Waals surface area contributed by atoms with Gasteiger partial charge in [0, 0.05) is 22.3 Å². The minimum absolute atomic E-state index is 0.0137. The molecule has 0 unspecified atom stereocenters. The highest BCUT2D eigenvalue weighted by molar-refractivity contribution is 6.31. The lowest BCUT2D eigenvalue weighted by Crippen LogP contribution is -2.28. The molecule has 2 heterocycles. The normalized spacial score (nSPS) is 14.5. The quantitative estimate of drug-likeness (QED) is 0.166. The summed E-state index contributed by atoms with van der Waals surface area (Å²) in [6.45, 7) is 7.10. The first kappa shape index (κ1) is 40.1. The number of piperidine rings is 1. The van der Waals surface area contributed by atoms with Gasteiger partial charge in [-0.05, 0) is 78.0 Å². The summed E-state index contributed by atoms with van der Waals surface area (Å²) in [7, 11) is 2.19. The van der Waals surface area contributed by atoms with Gasteiger partial charge in [-0.2, -0.15) is 31.6 Å². The predicted molar refractivity (Wildman–Crippen MR) is 158 cm³/mol. The molecule has 2 aromatic rings. The molecule has 1 aliphatic rings. The summed E-state index contributed by atoms with van der Waals surface area (Å²) in [5.41, 5.74) is 10.9. The minimum atomic E-state index is -4.86. The third-order valence-electron chi connectivity index (χ3n) is 5.54. The summed E-state index contributed by atoms with van der Waals surface area (Å²) < 4.78 is 74.1. The summed E-state index contributed by atoms with van der Waals surface area (Å²) in [4.78, 5) is 29.1. The van der Waals surface area contributed by atoms with Crippen molar-refractivity contribution in [2.75, 3.05) is 32.4 Å². The molecule has 0 bridgehead atoms. The molecule has 6 N–H and O–H groups in total. The van der Waals surface area contributed by atoms with Crippen LogP contribution in [0.2, 0.25) is 5.02 Å². The molecule has 1 aromatic carbocycles. The number of nitrogens with two attached hydrogens (primary N) is 3. The number of fused-ring (bicyclic) bond motifs is 1. The van der Waals surface area contributed by atoms with E-state index in [-0.39, 0.29) is 17.7 Å². The van der Waals surface area contributed by atoms with E-state index in [0.29, 0.717) is 16.6 Å². The highest BCUT2D eigenvalue weighted by Crippen LogP contribution is 2.32. The number of nitrogens with zero attached hydrogens (tertiary/aromatic N) is 4. The van der Waals surface area contributed by atoms with E-state index in [1.807, 2.05) is 6.07 Å². The highest BCUT2D eigenvalue weighted by Gasteiger charge is 2.35. The van der Waals surface area contributed by atoms with Gasteiger partial charge in [0.1, 0.15) is 17.7 Å². The zero-order valence-corrected chi connectivity index (χ0v) is 25.4. The number of aliphatic imine (C=N–C) groups is 1. The van der Waals surface area contributed by atoms with E-state index in [4.69, 9.17) is 38.9 Å². The molecule has 1 aromatic heterocycles. The number of primary amides is 1. The number of aldehydes is 1. The number of carbonyl (C=O) groups is 2. The van der Waals surface area contributed by atoms with Gasteiger partial charge in [0.05, 0.1) is 29.1 Å². The number of likely N-dealkylation sites (tertiary alicyclic amines) is 1. The van der Waals surface area contributed by atoms with Crippen LogP contribution in [0.4, 0.5) is 32.0 Å². The molecule has 1 aliphatic heterocycles. The van der Waals surface area contributed by atoms with Crippen molar-refractivity contribution in [2.45, 2.75) is 52.4 Å². The largest absolute Gasteiger partial charge is 0.433 e. The van der Waals surface area contributed by atoms with Crippen LogP contribution in [0.15, 0.2) is 40.5 Å². The van der Waals surface area contributed by atoms with Crippen LogP contribution in [0, 0.1) is 16.7 Å². The number of hydrogen-bond acceptors (Lipinski definition) is 8. The lowest BCUT2D eigenvalue weighted by Gasteiger charge is -2.20. The Morgan fingerprint density at radius 3 is 2.07 bits per heavy atom. The van der Waals surface area contributed by atoms with Crippen LogP contribution in [0.25, 0.3) is 10.9 Å². The van der Waals surface area contributed by atoms with E-state index in [2.05, 4.69) is 21.9 Å². The summed E-state index contributed by atoms with van der Waals surface area (Å²) in [5.74, 6) is -1.33. The number of allylic oxidation sites excluding steroid dienone is 1. The summed E-state index contributed by atoms with van der Waals surface area (Å²) in [6.07, 6.45) is -3.69. The number of alkyl halides is 6. The number of halogens is 7. The van der Waals surface area contributed by atoms with Crippen molar-refractivity contribution in [3.8, 4) is 6.07 Å². The Kier molecular flexibility index (Phi) is 16.4. The Labute approximate surface area is 256 Å². The van der Waals surface area contributed by atoms with E-state index in [1.165, 1.54) is 57.5 Å². The zero-order valence-electron chi connectivity index (χ0n) is 24.7. The molecule has 244 valence electrons. The van der Waals surface area contributed by atoms with Crippen LogP contribution in [0.5, 0.6) is 0 Å². The van der Waals surface area contributed by atoms with Crippen LogP contribution < -0.4 is 17.2 Å². The second-order valence-electron chi connectivity index (χ2n) is 10.0. The van der Waals surface area contributed by atoms with Gasteiger partial charge in [0.15, 0.2) is 0 Å². The number of nitriles is 1. The van der Waals surface area contributed by atoms with E-state index in [1.54, 1.807) is 13.8 Å². The maximum atomic E-state index is 12.4. The van der Waals surface area contributed by atoms with E-state index in [9.17, 15) is 31.1 Å². The SMILES string of the molecule is CC(C)(C#N)CN=C/C(C(N)=O)=C(\N)C(F)(F)F.CC=O.CN1CCCCC1.Nc1cc(C(F)(F)F)nc2ccc(Cl)cc12. The Morgan fingerprint density at radius 2 is 1.66 bits per heavy atom. The molecule has 0 radical (unpaired) electrons. The van der Waals surface area contributed by atoms with Crippen molar-refractivity contribution >= 4 is 46.6 Å². The second kappa shape index (κ2) is 18.0. The van der Waals surface area contributed by atoms with Crippen molar-refractivity contribution in [3.05, 3.63) is 46.3 Å². The number of anilines is 1. The van der Waals surface area contributed by atoms with Crippen LogP contribution in [0.1, 0.15) is 45.7 Å². The lowest BCUT2D eigenvalue weighted by molar-refractivity contribution is -0.140. The average molecular weight is 652 g/mol. The third kappa shape index (κ3) is 15.0. The fourth-order valence-corrected chi connectivity index (χ4v) is 3.41. The number of hydrogen-bond donors (Lipinski definition) is 3. The Morgan fingerprint density at radius 1 is 1.11 bits per heavy atom. The van der Waals surface area contributed by atoms with Gasteiger partial charge in [-0.25, -0.2) is 4.98 Å². The van der Waals surface area contributed by atoms with Gasteiger partial charge in [0.25, 0.3) is 5.91 Å². The minimum Gasteiger partial charge on any atom is -0.398 e. The van der Waals surface area contributed by atoms with Crippen LogP contribution in [-0.2, 0) is 15.8 Å². The van der Waals surface area contributed by atoms with Crippen molar-refractivity contribution in [2.24, 2.45) is 21.9 Å². The Bertz CT molecular complexity index is 1350. The smallest absolute Gasteiger partial charge is 0.398 e. The van der Waals surface area contributed by atoms with Gasteiger partial charge in [-0.3, -0.25) is 9.79 Å². The average Bonchev–Trinajstić information content (AvgIpc) is 2.91. The Balaban J connectivity index is 0.000000645. The van der Waals surface area contributed by atoms with Crippen LogP contribution >= 0.6 is 11.6 Å². The molecular formula is C28H36ClF6N7O2. The predicted octanol–water partition coefficient (Wildman–Crippen LogP) is 5.66. The zero-order chi connectivity index (χ0) is 34.3. The molecule has 0 saturated carbocycles. The maximum Gasteiger partial charge on any atom is 0.433 e. The van der Waals surface area contributed by atoms with E-state index >= 15 is 0 Å². The van der Waals surface area contributed by atoms with Crippen molar-refractivity contribution in [3.63, 3.8) is 0 Å². The highest BCUT2D eigenvalue weighted by atomic mass is 35.5. The van der Waals surface area contributed by atoms with Gasteiger partial charge in [0.2, 0.25) is 0 Å². The van der Waals surface area contributed by atoms with Gasteiger partial charge >= 0.3 is 12.4 Å². The molecule has 44 heavy (non-hydrogen) atoms. The first-order chi connectivity index (χ1) is 20.2. The van der Waals surface area contributed by atoms with Crippen LogP contribution in [-0.4, -0.2) is 61.2 Å². The molecule has 9 nitrogen and oxygen atoms in total. The number of aromatic nitrogens is 1. The number of rotatable bonds is 4. The number of nitrogen functional groups attached to an aromatic ring is 1. The molecule has 1 fully saturated rings. The standard InChI is InChI=1S/C10H6ClF3N2.C10H13F3N4O.C6H13N.C2H4O/c11-5-1-2-8-6(3-5)7(15)4-9(16-8)10(12,13)14;1-9(2,4-14)5-17-3-6(8(16)18)7(15)10(11,12)13;1-7-5-3-2-4-6-7;1-2-3/h1-4H,(H2,15,16);3H,5,15H2,1-2H3,(H2,16,18);2-6H2,1H3;2H,1H3/b;7-6+,17-3?;;. The molecule has 0 atom stereocenters. The molecular weight excluding hydrogens is 616 g/mol. The lowest BCUT2D eigenvalue weighted by atomic mass is 9.96. The number of amides is 1. The Hall–Kier alpha value is -3.90. The monoisotopic (exact) mass is 651 g/mol. The number of benzene rings is 1. The van der Waals surface area contributed by atoms with Crippen LogP contribution in [0.3, 0.4) is 0 Å². The first-order valence-corrected chi connectivity index (χ1v) is 13.4. The molecule has 1 saturated heterocycles. The third-order valence-corrected chi connectivity index (χ3v) is 5.78. The summed E-state index contributed by atoms with van der Waals surface area (Å²) in [6, 6.07) is 7.07. The summed E-state index contributed by atoms with van der Waals surface area (Å²) >= 11 is 5.71. The molecule has 0 aliphatic carbocycles. The molecule has 16 heteroatoms. The second-order valence-corrected chi connectivity index (χ2v) is 10.4.